The quantitative estimate of drug-likeness (QED) is 0.773. The third kappa shape index (κ3) is 4.18. The minimum Gasteiger partial charge on any atom is -0.496 e. The molecule has 0 saturated heterocycles. The number of methoxy groups -OCH3 is 1. The maximum atomic E-state index is 9.99. The molecular formula is C14H23NO2S. The Morgan fingerprint density at radius 3 is 2.78 bits per heavy atom. The van der Waals surface area contributed by atoms with E-state index in [0.29, 0.717) is 6.42 Å². The summed E-state index contributed by atoms with van der Waals surface area (Å²) in [5, 5.41) is 9.99. The Hall–Kier alpha value is -0.740. The zero-order valence-corrected chi connectivity index (χ0v) is 12.5. The lowest BCUT2D eigenvalue weighted by molar-refractivity contribution is 0.170. The molecule has 0 aliphatic rings. The number of aliphatic hydroxyl groups is 1. The van der Waals surface area contributed by atoms with Crippen LogP contribution in [0.1, 0.15) is 30.2 Å². The van der Waals surface area contributed by atoms with Crippen LogP contribution in [0.3, 0.4) is 0 Å². The summed E-state index contributed by atoms with van der Waals surface area (Å²) in [4.78, 5) is 4.41. The molecule has 0 radical (unpaired) electrons. The Bertz CT molecular complexity index is 382. The molecule has 0 aliphatic heterocycles. The summed E-state index contributed by atoms with van der Waals surface area (Å²) < 4.78 is 5.37. The van der Waals surface area contributed by atoms with Crippen LogP contribution in [0.15, 0.2) is 6.20 Å². The molecule has 0 bridgehead atoms. The van der Waals surface area contributed by atoms with Gasteiger partial charge in [0.1, 0.15) is 5.75 Å². The van der Waals surface area contributed by atoms with E-state index in [-0.39, 0.29) is 6.10 Å². The van der Waals surface area contributed by atoms with E-state index in [9.17, 15) is 5.11 Å². The maximum absolute atomic E-state index is 9.99. The first-order valence-electron chi connectivity index (χ1n) is 6.35. The Kier molecular flexibility index (Phi) is 6.50. The van der Waals surface area contributed by atoms with Crippen molar-refractivity contribution in [1.29, 1.82) is 0 Å². The van der Waals surface area contributed by atoms with Crippen LogP contribution in [0.5, 0.6) is 5.75 Å². The largest absolute Gasteiger partial charge is 0.496 e. The van der Waals surface area contributed by atoms with Crippen LogP contribution in [-0.2, 0) is 6.42 Å². The number of aryl methyl sites for hydroxylation is 1. The van der Waals surface area contributed by atoms with Crippen LogP contribution in [-0.4, -0.2) is 34.8 Å². The first kappa shape index (κ1) is 15.3. The maximum Gasteiger partial charge on any atom is 0.128 e. The molecule has 0 spiro atoms. The summed E-state index contributed by atoms with van der Waals surface area (Å²) in [5.41, 5.74) is 3.01. The van der Waals surface area contributed by atoms with Gasteiger partial charge in [-0.1, -0.05) is 6.92 Å². The number of pyridine rings is 1. The van der Waals surface area contributed by atoms with Gasteiger partial charge in [0.2, 0.25) is 0 Å². The van der Waals surface area contributed by atoms with Crippen molar-refractivity contribution in [3.05, 3.63) is 23.0 Å². The number of hydrogen-bond donors (Lipinski definition) is 1. The minimum atomic E-state index is -0.317. The van der Waals surface area contributed by atoms with Crippen LogP contribution in [0.4, 0.5) is 0 Å². The van der Waals surface area contributed by atoms with Gasteiger partial charge in [0.05, 0.1) is 13.2 Å². The van der Waals surface area contributed by atoms with Gasteiger partial charge in [0, 0.05) is 29.4 Å². The number of aromatic nitrogens is 1. The Labute approximate surface area is 114 Å². The lowest BCUT2D eigenvalue weighted by atomic mass is 10.0. The standard InChI is InChI=1S/C14H23NO2S/c1-5-18-7-6-12(16)8-13-11(3)14(17-4)10(2)9-15-13/h9,12,16H,5-8H2,1-4H3. The number of thioether (sulfide) groups is 1. The topological polar surface area (TPSA) is 42.4 Å². The Morgan fingerprint density at radius 1 is 1.44 bits per heavy atom. The molecule has 0 aromatic carbocycles. The molecule has 0 fully saturated rings. The zero-order valence-electron chi connectivity index (χ0n) is 11.7. The minimum absolute atomic E-state index is 0.317. The average Bonchev–Trinajstić information content (AvgIpc) is 2.34. The third-order valence-corrected chi connectivity index (χ3v) is 3.91. The van der Waals surface area contributed by atoms with Crippen LogP contribution < -0.4 is 4.74 Å². The number of rotatable bonds is 7. The van der Waals surface area contributed by atoms with Crippen LogP contribution >= 0.6 is 11.8 Å². The van der Waals surface area contributed by atoms with Crippen molar-refractivity contribution in [2.24, 2.45) is 0 Å². The molecule has 0 amide bonds. The fourth-order valence-electron chi connectivity index (χ4n) is 1.97. The predicted octanol–water partition coefficient (Wildman–Crippen LogP) is 2.75. The third-order valence-electron chi connectivity index (χ3n) is 2.98. The number of ether oxygens (including phenoxy) is 1. The zero-order chi connectivity index (χ0) is 13.5. The van der Waals surface area contributed by atoms with Gasteiger partial charge in [-0.15, -0.1) is 0 Å². The van der Waals surface area contributed by atoms with Gasteiger partial charge in [-0.25, -0.2) is 0 Å². The fraction of sp³-hybridized carbons (Fsp3) is 0.643. The van der Waals surface area contributed by atoms with Crippen molar-refractivity contribution >= 4 is 11.8 Å². The van der Waals surface area contributed by atoms with E-state index in [1.165, 1.54) is 0 Å². The summed E-state index contributed by atoms with van der Waals surface area (Å²) in [6.45, 7) is 6.12. The molecule has 102 valence electrons. The van der Waals surface area contributed by atoms with Crippen molar-refractivity contribution in [1.82, 2.24) is 4.98 Å². The second-order valence-corrected chi connectivity index (χ2v) is 5.78. The van der Waals surface area contributed by atoms with E-state index in [1.807, 2.05) is 31.8 Å². The highest BCUT2D eigenvalue weighted by atomic mass is 32.2. The summed E-state index contributed by atoms with van der Waals surface area (Å²) >= 11 is 1.86. The average molecular weight is 269 g/mol. The predicted molar refractivity (Wildman–Crippen MR) is 77.6 cm³/mol. The Balaban J connectivity index is 2.67. The van der Waals surface area contributed by atoms with Gasteiger partial charge >= 0.3 is 0 Å². The highest BCUT2D eigenvalue weighted by Gasteiger charge is 2.13. The first-order chi connectivity index (χ1) is 8.60. The SMILES string of the molecule is CCSCCC(O)Cc1ncc(C)c(OC)c1C. The van der Waals surface area contributed by atoms with Gasteiger partial charge in [-0.05, 0) is 31.8 Å². The molecule has 1 aromatic rings. The molecule has 3 nitrogen and oxygen atoms in total. The molecule has 0 aliphatic carbocycles. The smallest absolute Gasteiger partial charge is 0.128 e. The molecule has 1 N–H and O–H groups in total. The normalized spacial score (nSPS) is 12.5. The number of aliphatic hydroxyl groups excluding tert-OH is 1. The lowest BCUT2D eigenvalue weighted by Crippen LogP contribution is -2.14. The van der Waals surface area contributed by atoms with Gasteiger partial charge in [-0.3, -0.25) is 4.98 Å². The fourth-order valence-corrected chi connectivity index (χ4v) is 2.69. The second-order valence-electron chi connectivity index (χ2n) is 4.39. The van der Waals surface area contributed by atoms with Gasteiger partial charge in [-0.2, -0.15) is 11.8 Å². The molecule has 1 atom stereocenters. The summed E-state index contributed by atoms with van der Waals surface area (Å²) in [5.74, 6) is 2.98. The highest BCUT2D eigenvalue weighted by molar-refractivity contribution is 7.99. The monoisotopic (exact) mass is 269 g/mol. The molecule has 1 aromatic heterocycles. The Morgan fingerprint density at radius 2 is 2.17 bits per heavy atom. The van der Waals surface area contributed by atoms with E-state index in [1.54, 1.807) is 7.11 Å². The van der Waals surface area contributed by atoms with Gasteiger partial charge in [0.15, 0.2) is 0 Å². The van der Waals surface area contributed by atoms with Gasteiger partial charge in [0.25, 0.3) is 0 Å². The van der Waals surface area contributed by atoms with Crippen molar-refractivity contribution in [3.8, 4) is 5.75 Å². The van der Waals surface area contributed by atoms with Crippen LogP contribution in [0, 0.1) is 13.8 Å². The second kappa shape index (κ2) is 7.64. The molecule has 0 saturated carbocycles. The van der Waals surface area contributed by atoms with Crippen LogP contribution in [0.25, 0.3) is 0 Å². The highest BCUT2D eigenvalue weighted by Crippen LogP contribution is 2.25. The summed E-state index contributed by atoms with van der Waals surface area (Å²) in [6.07, 6.45) is 2.92. The van der Waals surface area contributed by atoms with Crippen molar-refractivity contribution in [2.45, 2.75) is 39.7 Å². The first-order valence-corrected chi connectivity index (χ1v) is 7.50. The summed E-state index contributed by atoms with van der Waals surface area (Å²) in [7, 11) is 1.67. The van der Waals surface area contributed by atoms with Gasteiger partial charge < -0.3 is 9.84 Å². The number of hydrogen-bond acceptors (Lipinski definition) is 4. The van der Waals surface area contributed by atoms with E-state index in [2.05, 4.69) is 11.9 Å². The van der Waals surface area contributed by atoms with Crippen molar-refractivity contribution < 1.29 is 9.84 Å². The number of nitrogens with zero attached hydrogens (tertiary/aromatic N) is 1. The molecule has 18 heavy (non-hydrogen) atoms. The molecule has 1 rings (SSSR count). The molecular weight excluding hydrogens is 246 g/mol. The molecule has 1 unspecified atom stereocenters. The lowest BCUT2D eigenvalue weighted by Gasteiger charge is -2.15. The van der Waals surface area contributed by atoms with Crippen molar-refractivity contribution in [2.75, 3.05) is 18.6 Å². The molecule has 1 heterocycles. The summed E-state index contributed by atoms with van der Waals surface area (Å²) in [6, 6.07) is 0. The van der Waals surface area contributed by atoms with Crippen LogP contribution in [0.2, 0.25) is 0 Å². The molecule has 4 heteroatoms. The van der Waals surface area contributed by atoms with E-state index in [0.717, 1.165) is 40.5 Å². The van der Waals surface area contributed by atoms with E-state index < -0.39 is 0 Å². The van der Waals surface area contributed by atoms with E-state index in [4.69, 9.17) is 4.74 Å². The van der Waals surface area contributed by atoms with Crippen molar-refractivity contribution in [3.63, 3.8) is 0 Å². The van der Waals surface area contributed by atoms with E-state index >= 15 is 0 Å².